The molecule has 0 aromatic heterocycles. The first-order valence-electron chi connectivity index (χ1n) is 8.57. The first-order chi connectivity index (χ1) is 11.3. The molecule has 120 valence electrons. The monoisotopic (exact) mass is 309 g/mol. The van der Waals surface area contributed by atoms with Crippen LogP contribution in [0.5, 0.6) is 5.75 Å². The molecule has 2 aromatic rings. The summed E-state index contributed by atoms with van der Waals surface area (Å²) in [5.41, 5.74) is 2.15. The molecule has 3 aliphatic rings. The Hall–Kier alpha value is -2.00. The minimum absolute atomic E-state index is 0.342. The van der Waals surface area contributed by atoms with Crippen LogP contribution < -0.4 is 4.74 Å². The Labute approximate surface area is 137 Å². The summed E-state index contributed by atoms with van der Waals surface area (Å²) in [7, 11) is 0. The summed E-state index contributed by atoms with van der Waals surface area (Å²) in [5.74, 6) is 1.31. The molecule has 0 aliphatic carbocycles. The second kappa shape index (κ2) is 5.89. The summed E-state index contributed by atoms with van der Waals surface area (Å²) in [5, 5.41) is 13.0. The molecule has 1 N–H and O–H groups in total. The van der Waals surface area contributed by atoms with Crippen LogP contribution in [0.15, 0.2) is 42.1 Å². The molecule has 0 amide bonds. The van der Waals surface area contributed by atoms with Crippen molar-refractivity contribution >= 4 is 16.8 Å². The molecule has 3 aliphatic heterocycles. The predicted molar refractivity (Wildman–Crippen MR) is 93.4 cm³/mol. The molecule has 2 aromatic carbocycles. The van der Waals surface area contributed by atoms with Crippen molar-refractivity contribution < 1.29 is 9.84 Å². The predicted octanol–water partition coefficient (Wildman–Crippen LogP) is 3.67. The molecule has 5 rings (SSSR count). The molecule has 1 atom stereocenters. The van der Waals surface area contributed by atoms with Gasteiger partial charge in [0.1, 0.15) is 5.75 Å². The summed E-state index contributed by atoms with van der Waals surface area (Å²) in [4.78, 5) is 2.34. The van der Waals surface area contributed by atoms with Crippen molar-refractivity contribution in [2.24, 2.45) is 5.92 Å². The smallest absolute Gasteiger partial charge is 0.127 e. The van der Waals surface area contributed by atoms with Crippen molar-refractivity contribution in [2.75, 3.05) is 19.7 Å². The van der Waals surface area contributed by atoms with Crippen molar-refractivity contribution in [3.05, 3.63) is 47.7 Å². The lowest BCUT2D eigenvalue weighted by atomic mass is 9.82. The van der Waals surface area contributed by atoms with E-state index in [-0.39, 0.29) is 6.10 Å². The highest BCUT2D eigenvalue weighted by atomic mass is 16.5. The summed E-state index contributed by atoms with van der Waals surface area (Å²) in [6.45, 7) is 4.76. The van der Waals surface area contributed by atoms with E-state index in [4.69, 9.17) is 4.74 Å². The van der Waals surface area contributed by atoms with E-state index in [2.05, 4.69) is 41.3 Å². The molecule has 3 heterocycles. The summed E-state index contributed by atoms with van der Waals surface area (Å²) >= 11 is 0. The van der Waals surface area contributed by atoms with Gasteiger partial charge in [0, 0.05) is 24.4 Å². The van der Waals surface area contributed by atoms with Crippen molar-refractivity contribution in [3.8, 4) is 5.75 Å². The molecule has 3 saturated heterocycles. The maximum atomic E-state index is 10.7. The van der Waals surface area contributed by atoms with Gasteiger partial charge in [0.25, 0.3) is 0 Å². The molecule has 0 unspecified atom stereocenters. The van der Waals surface area contributed by atoms with Crippen LogP contribution in [0.2, 0.25) is 0 Å². The molecule has 3 fully saturated rings. The molecule has 23 heavy (non-hydrogen) atoms. The molecule has 3 nitrogen and oxygen atoms in total. The van der Waals surface area contributed by atoms with Gasteiger partial charge in [-0.15, -0.1) is 0 Å². The van der Waals surface area contributed by atoms with Gasteiger partial charge in [-0.05, 0) is 48.6 Å². The first-order valence-corrected chi connectivity index (χ1v) is 8.57. The standard InChI is InChI=1S/C20H23NO2/c1-2-23-19-8-7-14-5-3-4-6-16(14)17(19)13-18-20(22)15-9-11-21(18)12-10-15/h3-8,13,15,20,22H,2,9-12H2,1H3/b18-13-/t20-/m1/s1. The van der Waals surface area contributed by atoms with Crippen LogP contribution in [-0.2, 0) is 0 Å². The number of aliphatic hydroxyl groups is 1. The zero-order chi connectivity index (χ0) is 15.8. The van der Waals surface area contributed by atoms with E-state index in [1.807, 2.05) is 13.0 Å². The number of rotatable bonds is 3. The van der Waals surface area contributed by atoms with Gasteiger partial charge >= 0.3 is 0 Å². The Kier molecular flexibility index (Phi) is 3.74. The fourth-order valence-corrected chi connectivity index (χ4v) is 3.93. The number of ether oxygens (including phenoxy) is 1. The average molecular weight is 309 g/mol. The molecule has 3 heteroatoms. The number of hydrogen-bond donors (Lipinski definition) is 1. The molecule has 2 bridgehead atoms. The van der Waals surface area contributed by atoms with E-state index in [9.17, 15) is 5.11 Å². The number of fused-ring (bicyclic) bond motifs is 4. The third-order valence-corrected chi connectivity index (χ3v) is 5.18. The van der Waals surface area contributed by atoms with E-state index < -0.39 is 0 Å². The van der Waals surface area contributed by atoms with Crippen molar-refractivity contribution in [1.29, 1.82) is 0 Å². The Morgan fingerprint density at radius 2 is 1.96 bits per heavy atom. The van der Waals surface area contributed by atoms with Gasteiger partial charge in [-0.3, -0.25) is 0 Å². The molecular weight excluding hydrogens is 286 g/mol. The minimum atomic E-state index is -0.342. The zero-order valence-corrected chi connectivity index (χ0v) is 13.5. The maximum Gasteiger partial charge on any atom is 0.127 e. The highest BCUT2D eigenvalue weighted by molar-refractivity contribution is 5.93. The summed E-state index contributed by atoms with van der Waals surface area (Å²) in [6, 6.07) is 12.5. The second-order valence-electron chi connectivity index (χ2n) is 6.47. The largest absolute Gasteiger partial charge is 0.493 e. The summed E-state index contributed by atoms with van der Waals surface area (Å²) in [6.07, 6.45) is 4.02. The third kappa shape index (κ3) is 2.49. The van der Waals surface area contributed by atoms with Crippen LogP contribution in [0, 0.1) is 5.92 Å². The number of aliphatic hydroxyl groups excluding tert-OH is 1. The first kappa shape index (κ1) is 14.6. The van der Waals surface area contributed by atoms with Gasteiger partial charge in [0.15, 0.2) is 0 Å². The van der Waals surface area contributed by atoms with Gasteiger partial charge in [-0.25, -0.2) is 0 Å². The van der Waals surface area contributed by atoms with Crippen molar-refractivity contribution in [2.45, 2.75) is 25.9 Å². The highest BCUT2D eigenvalue weighted by Gasteiger charge is 2.36. The minimum Gasteiger partial charge on any atom is -0.493 e. The topological polar surface area (TPSA) is 32.7 Å². The fourth-order valence-electron chi connectivity index (χ4n) is 3.93. The molecule has 0 radical (unpaired) electrons. The quantitative estimate of drug-likeness (QED) is 0.939. The molecular formula is C20H23NO2. The van der Waals surface area contributed by atoms with Crippen LogP contribution in [0.1, 0.15) is 25.3 Å². The van der Waals surface area contributed by atoms with Crippen LogP contribution in [0.4, 0.5) is 0 Å². The lowest BCUT2D eigenvalue weighted by molar-refractivity contribution is 0.0215. The Balaban J connectivity index is 1.86. The van der Waals surface area contributed by atoms with Crippen molar-refractivity contribution in [1.82, 2.24) is 4.90 Å². The summed E-state index contributed by atoms with van der Waals surface area (Å²) < 4.78 is 5.86. The van der Waals surface area contributed by atoms with Gasteiger partial charge in [0.2, 0.25) is 0 Å². The van der Waals surface area contributed by atoms with E-state index >= 15 is 0 Å². The van der Waals surface area contributed by atoms with Gasteiger partial charge < -0.3 is 14.7 Å². The maximum absolute atomic E-state index is 10.7. The van der Waals surface area contributed by atoms with Crippen LogP contribution in [0.25, 0.3) is 16.8 Å². The van der Waals surface area contributed by atoms with E-state index in [1.165, 1.54) is 10.8 Å². The van der Waals surface area contributed by atoms with Crippen LogP contribution in [0.3, 0.4) is 0 Å². The van der Waals surface area contributed by atoms with Crippen molar-refractivity contribution in [3.63, 3.8) is 0 Å². The SMILES string of the molecule is CCOc1ccc2ccccc2c1/C=C1/[C@H](O)C2CCN1CC2. The zero-order valence-electron chi connectivity index (χ0n) is 13.5. The Bertz CT molecular complexity index is 740. The fraction of sp³-hybridized carbons (Fsp3) is 0.400. The van der Waals surface area contributed by atoms with E-state index in [0.717, 1.165) is 42.9 Å². The van der Waals surface area contributed by atoms with Gasteiger partial charge in [-0.1, -0.05) is 30.3 Å². The Morgan fingerprint density at radius 3 is 2.70 bits per heavy atom. The van der Waals surface area contributed by atoms with E-state index in [0.29, 0.717) is 12.5 Å². The lowest BCUT2D eigenvalue weighted by Crippen LogP contribution is -2.48. The van der Waals surface area contributed by atoms with Gasteiger partial charge in [0.05, 0.1) is 12.7 Å². The van der Waals surface area contributed by atoms with E-state index in [1.54, 1.807) is 0 Å². The Morgan fingerprint density at radius 1 is 1.17 bits per heavy atom. The third-order valence-electron chi connectivity index (χ3n) is 5.18. The number of hydrogen-bond acceptors (Lipinski definition) is 3. The second-order valence-corrected chi connectivity index (χ2v) is 6.47. The number of piperidine rings is 3. The normalized spacial score (nSPS) is 25.3. The lowest BCUT2D eigenvalue weighted by Gasteiger charge is -2.46. The number of nitrogens with zero attached hydrogens (tertiary/aromatic N) is 1. The van der Waals surface area contributed by atoms with Crippen LogP contribution >= 0.6 is 0 Å². The molecule has 0 spiro atoms. The molecule has 0 saturated carbocycles. The van der Waals surface area contributed by atoms with Gasteiger partial charge in [-0.2, -0.15) is 0 Å². The average Bonchev–Trinajstić information content (AvgIpc) is 2.60. The number of benzene rings is 2. The van der Waals surface area contributed by atoms with Crippen LogP contribution in [-0.4, -0.2) is 35.8 Å². The highest BCUT2D eigenvalue weighted by Crippen LogP contribution is 2.38.